The van der Waals surface area contributed by atoms with Crippen molar-refractivity contribution in [2.24, 2.45) is 0 Å². The first-order chi connectivity index (χ1) is 6.43. The summed E-state index contributed by atoms with van der Waals surface area (Å²) >= 11 is 0. The topological polar surface area (TPSA) is 19.4 Å². The van der Waals surface area contributed by atoms with Gasteiger partial charge in [-0.25, -0.2) is 4.98 Å². The zero-order chi connectivity index (χ0) is 8.67. The molecule has 1 aromatic rings. The third kappa shape index (κ3) is 1.11. The first-order valence-corrected chi connectivity index (χ1v) is 4.83. The first kappa shape index (κ1) is 7.33. The van der Waals surface area contributed by atoms with E-state index in [2.05, 4.69) is 26.9 Å². The van der Waals surface area contributed by atoms with E-state index in [1.807, 2.05) is 12.3 Å². The SMILES string of the molecule is c1ccc(N2CCN3CC2C3)nc1. The van der Waals surface area contributed by atoms with E-state index in [4.69, 9.17) is 0 Å². The Morgan fingerprint density at radius 2 is 2.15 bits per heavy atom. The first-order valence-electron chi connectivity index (χ1n) is 4.83. The van der Waals surface area contributed by atoms with Crippen molar-refractivity contribution in [1.82, 2.24) is 9.88 Å². The van der Waals surface area contributed by atoms with Crippen molar-refractivity contribution in [1.29, 1.82) is 0 Å². The van der Waals surface area contributed by atoms with Gasteiger partial charge in [0.15, 0.2) is 0 Å². The molecule has 0 atom stereocenters. The average Bonchev–Trinajstić information content (AvgIpc) is 2.18. The number of pyridine rings is 1. The predicted octanol–water partition coefficient (Wildman–Crippen LogP) is 0.586. The maximum absolute atomic E-state index is 4.38. The van der Waals surface area contributed by atoms with Gasteiger partial charge in [0, 0.05) is 32.4 Å². The standard InChI is InChI=1S/C10H13N3/c1-2-4-11-10(3-1)13-6-5-12-7-9(13)8-12/h1-4,9H,5-8H2. The van der Waals surface area contributed by atoms with Crippen LogP contribution in [0, 0.1) is 0 Å². The van der Waals surface area contributed by atoms with Gasteiger partial charge in [0.2, 0.25) is 0 Å². The summed E-state index contributed by atoms with van der Waals surface area (Å²) in [7, 11) is 0. The van der Waals surface area contributed by atoms with Crippen LogP contribution in [0.5, 0.6) is 0 Å². The van der Waals surface area contributed by atoms with E-state index in [9.17, 15) is 0 Å². The Morgan fingerprint density at radius 3 is 2.77 bits per heavy atom. The van der Waals surface area contributed by atoms with E-state index >= 15 is 0 Å². The van der Waals surface area contributed by atoms with Crippen LogP contribution in [0.4, 0.5) is 5.82 Å². The second-order valence-electron chi connectivity index (χ2n) is 3.79. The summed E-state index contributed by atoms with van der Waals surface area (Å²) in [6.45, 7) is 4.81. The van der Waals surface area contributed by atoms with Crippen molar-refractivity contribution in [3.8, 4) is 0 Å². The molecule has 0 saturated carbocycles. The highest BCUT2D eigenvalue weighted by Gasteiger charge is 2.36. The van der Waals surface area contributed by atoms with Gasteiger partial charge in [0.05, 0.1) is 6.04 Å². The summed E-state index contributed by atoms with van der Waals surface area (Å²) < 4.78 is 0. The molecule has 3 aliphatic heterocycles. The van der Waals surface area contributed by atoms with Crippen LogP contribution in [-0.2, 0) is 0 Å². The minimum atomic E-state index is 0.726. The van der Waals surface area contributed by atoms with E-state index in [0.717, 1.165) is 18.4 Å². The normalized spacial score (nSPS) is 31.2. The van der Waals surface area contributed by atoms with Crippen LogP contribution in [0.15, 0.2) is 24.4 Å². The van der Waals surface area contributed by atoms with Gasteiger partial charge in [-0.15, -0.1) is 0 Å². The van der Waals surface area contributed by atoms with Crippen LogP contribution < -0.4 is 4.90 Å². The summed E-state index contributed by atoms with van der Waals surface area (Å²) in [6, 6.07) is 6.87. The summed E-state index contributed by atoms with van der Waals surface area (Å²) in [5.41, 5.74) is 0. The second kappa shape index (κ2) is 2.70. The molecule has 13 heavy (non-hydrogen) atoms. The number of piperazine rings is 2. The lowest BCUT2D eigenvalue weighted by Gasteiger charge is -2.51. The van der Waals surface area contributed by atoms with Gasteiger partial charge in [-0.05, 0) is 12.1 Å². The summed E-state index contributed by atoms with van der Waals surface area (Å²) in [4.78, 5) is 9.31. The minimum Gasteiger partial charge on any atom is -0.350 e. The molecule has 4 rings (SSSR count). The maximum Gasteiger partial charge on any atom is 0.128 e. The molecular formula is C10H13N3. The third-order valence-electron chi connectivity index (χ3n) is 2.98. The highest BCUT2D eigenvalue weighted by atomic mass is 15.4. The fourth-order valence-corrected chi connectivity index (χ4v) is 2.18. The zero-order valence-electron chi connectivity index (χ0n) is 7.56. The number of fused-ring (bicyclic) bond motifs is 2. The summed E-state index contributed by atoms with van der Waals surface area (Å²) in [5.74, 6) is 1.15. The number of aromatic nitrogens is 1. The van der Waals surface area contributed by atoms with Gasteiger partial charge in [-0.3, -0.25) is 4.90 Å². The molecule has 0 spiro atoms. The van der Waals surface area contributed by atoms with Gasteiger partial charge in [0.25, 0.3) is 0 Å². The molecule has 0 radical (unpaired) electrons. The predicted molar refractivity (Wildman–Crippen MR) is 51.8 cm³/mol. The number of nitrogens with zero attached hydrogens (tertiary/aromatic N) is 3. The second-order valence-corrected chi connectivity index (χ2v) is 3.79. The Hall–Kier alpha value is -1.09. The van der Waals surface area contributed by atoms with E-state index in [1.54, 1.807) is 0 Å². The molecule has 3 fully saturated rings. The Labute approximate surface area is 78.0 Å². The molecule has 0 N–H and O–H groups in total. The maximum atomic E-state index is 4.38. The lowest BCUT2D eigenvalue weighted by Crippen LogP contribution is -2.66. The fourth-order valence-electron chi connectivity index (χ4n) is 2.18. The molecule has 0 aliphatic carbocycles. The molecule has 68 valence electrons. The van der Waals surface area contributed by atoms with E-state index < -0.39 is 0 Å². The Balaban J connectivity index is 1.85. The average molecular weight is 175 g/mol. The van der Waals surface area contributed by atoms with Crippen molar-refractivity contribution in [3.05, 3.63) is 24.4 Å². The lowest BCUT2D eigenvalue weighted by molar-refractivity contribution is 0.109. The van der Waals surface area contributed by atoms with Gasteiger partial charge in [0.1, 0.15) is 5.82 Å². The van der Waals surface area contributed by atoms with Crippen molar-refractivity contribution in [2.75, 3.05) is 31.1 Å². The highest BCUT2D eigenvalue weighted by molar-refractivity contribution is 5.41. The van der Waals surface area contributed by atoms with Crippen molar-refractivity contribution >= 4 is 5.82 Å². The lowest BCUT2D eigenvalue weighted by atomic mass is 10.0. The molecule has 0 unspecified atom stereocenters. The zero-order valence-corrected chi connectivity index (χ0v) is 7.56. The highest BCUT2D eigenvalue weighted by Crippen LogP contribution is 2.24. The van der Waals surface area contributed by atoms with Crippen LogP contribution in [0.3, 0.4) is 0 Å². The van der Waals surface area contributed by atoms with E-state index in [0.29, 0.717) is 0 Å². The van der Waals surface area contributed by atoms with E-state index in [-0.39, 0.29) is 0 Å². The summed E-state index contributed by atoms with van der Waals surface area (Å²) in [6.07, 6.45) is 1.88. The van der Waals surface area contributed by atoms with Crippen LogP contribution in [-0.4, -0.2) is 42.1 Å². The minimum absolute atomic E-state index is 0.726. The monoisotopic (exact) mass is 175 g/mol. The molecule has 3 nitrogen and oxygen atoms in total. The van der Waals surface area contributed by atoms with Crippen LogP contribution in [0.2, 0.25) is 0 Å². The van der Waals surface area contributed by atoms with Gasteiger partial charge < -0.3 is 4.90 Å². The van der Waals surface area contributed by atoms with Gasteiger partial charge in [-0.1, -0.05) is 6.07 Å². The number of anilines is 1. The smallest absolute Gasteiger partial charge is 0.128 e. The fraction of sp³-hybridized carbons (Fsp3) is 0.500. The number of hydrogen-bond donors (Lipinski definition) is 0. The van der Waals surface area contributed by atoms with Crippen LogP contribution in [0.25, 0.3) is 0 Å². The van der Waals surface area contributed by atoms with Crippen LogP contribution >= 0.6 is 0 Å². The summed E-state index contributed by atoms with van der Waals surface area (Å²) in [5, 5.41) is 0. The van der Waals surface area contributed by atoms with Crippen molar-refractivity contribution in [3.63, 3.8) is 0 Å². The number of rotatable bonds is 1. The molecule has 3 heteroatoms. The van der Waals surface area contributed by atoms with Gasteiger partial charge in [-0.2, -0.15) is 0 Å². The van der Waals surface area contributed by atoms with E-state index in [1.165, 1.54) is 19.6 Å². The quantitative estimate of drug-likeness (QED) is 0.622. The Bertz CT molecular complexity index is 290. The molecule has 4 heterocycles. The third-order valence-corrected chi connectivity index (χ3v) is 2.98. The molecule has 0 aromatic carbocycles. The largest absolute Gasteiger partial charge is 0.350 e. The van der Waals surface area contributed by atoms with Gasteiger partial charge >= 0.3 is 0 Å². The molecule has 0 amide bonds. The molecule has 1 aromatic heterocycles. The van der Waals surface area contributed by atoms with Crippen LogP contribution in [0.1, 0.15) is 0 Å². The number of hydrogen-bond acceptors (Lipinski definition) is 3. The molecule has 2 bridgehead atoms. The Morgan fingerprint density at radius 1 is 1.23 bits per heavy atom. The Kier molecular flexibility index (Phi) is 1.52. The molecule has 3 saturated heterocycles. The van der Waals surface area contributed by atoms with Crippen molar-refractivity contribution in [2.45, 2.75) is 6.04 Å². The van der Waals surface area contributed by atoms with Crippen molar-refractivity contribution < 1.29 is 0 Å². The molecule has 3 aliphatic rings. The molecular weight excluding hydrogens is 162 g/mol.